The molecule has 6 aromatic rings. The quantitative estimate of drug-likeness (QED) is 0.00301. The zero-order chi connectivity index (χ0) is 84.9. The first-order valence-corrected chi connectivity index (χ1v) is 41.9. The summed E-state index contributed by atoms with van der Waals surface area (Å²) in [5, 5.41) is 21.4. The molecule has 12 N–H and O–H groups in total. The number of carbonyl (C=O) groups is 6. The number of nitrogens with zero attached hydrogens (tertiary/aromatic N) is 10. The fourth-order valence-electron chi connectivity index (χ4n) is 11.5. The monoisotopic (exact) mass is 1700 g/mol. The summed E-state index contributed by atoms with van der Waals surface area (Å²) in [6.07, 6.45) is 8.40. The number of rotatable bonds is 44. The first-order chi connectivity index (χ1) is 55.7. The number of fused-ring (bicyclic) bond motifs is 2. The normalized spacial score (nSPS) is 17.3. The molecule has 43 nitrogen and oxygen atoms in total. The van der Waals surface area contributed by atoms with E-state index >= 15 is 0 Å². The van der Waals surface area contributed by atoms with Crippen molar-refractivity contribution < 1.29 is 116 Å². The number of unbranched alkanes of at least 4 members (excludes halogenated alkanes) is 2. The van der Waals surface area contributed by atoms with Gasteiger partial charge in [-0.25, -0.2) is 23.3 Å². The highest BCUT2D eigenvalue weighted by atomic mass is 32.2. The van der Waals surface area contributed by atoms with Crippen molar-refractivity contribution in [2.75, 3.05) is 95.3 Å². The molecule has 0 spiro atoms. The van der Waals surface area contributed by atoms with Crippen molar-refractivity contribution in [3.63, 3.8) is 0 Å². The minimum absolute atomic E-state index is 0.0314. The number of nitrogen functional groups attached to an aromatic ring is 1. The van der Waals surface area contributed by atoms with Gasteiger partial charge in [-0.2, -0.15) is 22.0 Å². The molecule has 3 aromatic carbocycles. The molecule has 1 aliphatic carbocycles. The SMILES string of the molecule is CCN(CC)c1ccc2cc(-c3cc4ccc(C(=O)NC(CNC(=O)C5=C/C=C\C=C/C=C\5)C(=O)N(CCCC(=O)NCCCCCNC(=O)c5cccc(OCC(N=[N+]=[N-])OCC(=O)NCC#Cc6cn(C7CC(OCN=[N+]=[N-])C(COP(=O)(O)OP(=O)(O)OP(=O)(O)O)O7)c(=O)nc6N)c5)CCCS(=O)(=O)O)cc4o3)c(=O)oc2c1. The van der Waals surface area contributed by atoms with Crippen LogP contribution in [0.15, 0.2) is 156 Å². The number of hydrogen-bond donors (Lipinski definition) is 11. The average Bonchev–Trinajstić information content (AvgIpc) is 1.68. The number of hydrogen-bond acceptors (Lipinski definition) is 27. The number of amides is 6. The molecule has 1 aliphatic heterocycles. The lowest BCUT2D eigenvalue weighted by molar-refractivity contribution is -0.134. The van der Waals surface area contributed by atoms with Gasteiger partial charge in [-0.3, -0.25) is 42.4 Å². The molecule has 8 rings (SSSR count). The number of furan rings is 1. The van der Waals surface area contributed by atoms with Crippen LogP contribution in [-0.2, 0) is 70.3 Å². The molecular formula is C70H83N16O27P3S. The lowest BCUT2D eigenvalue weighted by atomic mass is 10.1. The first kappa shape index (κ1) is 91.4. The molecule has 6 amide bonds. The number of phosphoric acid groups is 3. The van der Waals surface area contributed by atoms with E-state index in [0.717, 1.165) is 29.5 Å². The summed E-state index contributed by atoms with van der Waals surface area (Å²) in [6.45, 7) is 2.16. The number of azide groups is 2. The maximum atomic E-state index is 14.7. The minimum atomic E-state index is -5.88. The van der Waals surface area contributed by atoms with Crippen molar-refractivity contribution in [3.8, 4) is 28.9 Å². The van der Waals surface area contributed by atoms with E-state index in [-0.39, 0.29) is 115 Å². The van der Waals surface area contributed by atoms with Gasteiger partial charge in [-0.05, 0) is 124 Å². The number of aromatic nitrogens is 2. The Morgan fingerprint density at radius 3 is 2.26 bits per heavy atom. The Morgan fingerprint density at radius 2 is 1.51 bits per heavy atom. The fourth-order valence-corrected chi connectivity index (χ4v) is 15.0. The van der Waals surface area contributed by atoms with Gasteiger partial charge in [-0.1, -0.05) is 64.6 Å². The third-order valence-corrected chi connectivity index (χ3v) is 21.6. The second-order valence-corrected chi connectivity index (χ2v) is 31.4. The van der Waals surface area contributed by atoms with Gasteiger partial charge < -0.3 is 89.5 Å². The molecule has 2 aliphatic rings. The van der Waals surface area contributed by atoms with Crippen molar-refractivity contribution in [3.05, 3.63) is 186 Å². The van der Waals surface area contributed by atoms with Crippen LogP contribution < -0.4 is 53.3 Å². The summed E-state index contributed by atoms with van der Waals surface area (Å²) in [5.74, 6) is 0.778. The van der Waals surface area contributed by atoms with Crippen LogP contribution in [0.25, 0.3) is 54.1 Å². The van der Waals surface area contributed by atoms with Crippen molar-refractivity contribution in [1.29, 1.82) is 0 Å². The largest absolute Gasteiger partial charge is 0.491 e. The predicted octanol–water partition coefficient (Wildman–Crippen LogP) is 6.10. The number of ether oxygens (including phenoxy) is 4. The molecule has 3 aromatic heterocycles. The molecule has 7 atom stereocenters. The summed E-state index contributed by atoms with van der Waals surface area (Å²) < 4.78 is 116. The van der Waals surface area contributed by atoms with E-state index in [1.165, 1.54) is 41.3 Å². The Kier molecular flexibility index (Phi) is 34.1. The third kappa shape index (κ3) is 29.5. The Hall–Kier alpha value is -11.1. The Labute approximate surface area is 666 Å². The summed E-state index contributed by atoms with van der Waals surface area (Å²) in [6, 6.07) is 17.8. The van der Waals surface area contributed by atoms with Crippen molar-refractivity contribution in [2.45, 2.75) is 89.5 Å². The number of nitrogens with two attached hydrogens (primary N) is 1. The maximum Gasteiger partial charge on any atom is 0.490 e. The van der Waals surface area contributed by atoms with Crippen LogP contribution in [0.3, 0.4) is 0 Å². The fraction of sp³-hybridized carbons (Fsp3) is 0.386. The summed E-state index contributed by atoms with van der Waals surface area (Å²) in [4.78, 5) is 157. The van der Waals surface area contributed by atoms with Crippen LogP contribution in [0.1, 0.15) is 91.3 Å². The van der Waals surface area contributed by atoms with E-state index in [1.54, 1.807) is 66.8 Å². The Balaban J connectivity index is 0.774. The Morgan fingerprint density at radius 1 is 0.795 bits per heavy atom. The highest BCUT2D eigenvalue weighted by Gasteiger charge is 2.44. The van der Waals surface area contributed by atoms with Crippen LogP contribution in [0.2, 0.25) is 0 Å². The molecule has 1 fully saturated rings. The maximum absolute atomic E-state index is 14.7. The van der Waals surface area contributed by atoms with E-state index in [9.17, 15) is 80.3 Å². The van der Waals surface area contributed by atoms with Gasteiger partial charge >= 0.3 is 34.8 Å². The molecule has 0 bridgehead atoms. The molecule has 0 radical (unpaired) electrons. The van der Waals surface area contributed by atoms with E-state index in [2.05, 4.69) is 81.5 Å². The topological polar surface area (TPSA) is 622 Å². The number of anilines is 2. The number of allylic oxidation sites excluding steroid dienone is 6. The van der Waals surface area contributed by atoms with Gasteiger partial charge in [0.25, 0.3) is 27.8 Å². The molecular weight excluding hydrogens is 1620 g/mol. The van der Waals surface area contributed by atoms with Crippen LogP contribution in [0, 0.1) is 11.8 Å². The number of benzene rings is 3. The van der Waals surface area contributed by atoms with E-state index in [0.29, 0.717) is 35.6 Å². The zero-order valence-corrected chi connectivity index (χ0v) is 66.1. The van der Waals surface area contributed by atoms with Gasteiger partial charge in [-0.15, -0.1) is 0 Å². The number of carbonyl (C=O) groups excluding carboxylic acids is 6. The first-order valence-electron chi connectivity index (χ1n) is 35.8. The van der Waals surface area contributed by atoms with Gasteiger partial charge in [0.15, 0.2) is 6.23 Å². The average molecular weight is 1710 g/mol. The molecule has 7 unspecified atom stereocenters. The van der Waals surface area contributed by atoms with Crippen molar-refractivity contribution in [1.82, 2.24) is 41.0 Å². The van der Waals surface area contributed by atoms with Crippen molar-refractivity contribution >= 4 is 102 Å². The summed E-state index contributed by atoms with van der Waals surface area (Å²) in [7, 11) is -21.7. The summed E-state index contributed by atoms with van der Waals surface area (Å²) >= 11 is 0. The highest BCUT2D eigenvalue weighted by Crippen LogP contribution is 2.66. The van der Waals surface area contributed by atoms with Crippen LogP contribution in [-0.4, -0.2) is 192 Å². The molecule has 47 heteroatoms. The van der Waals surface area contributed by atoms with Crippen LogP contribution in [0.5, 0.6) is 5.75 Å². The summed E-state index contributed by atoms with van der Waals surface area (Å²) in [5.41, 5.74) is 24.2. The lowest BCUT2D eigenvalue weighted by Crippen LogP contribution is -2.54. The molecule has 117 heavy (non-hydrogen) atoms. The minimum Gasteiger partial charge on any atom is -0.491 e. The van der Waals surface area contributed by atoms with Gasteiger partial charge in [0.1, 0.15) is 72.4 Å². The third-order valence-electron chi connectivity index (χ3n) is 17.0. The van der Waals surface area contributed by atoms with Crippen LogP contribution >= 0.6 is 23.5 Å². The number of nitrogens with one attached hydrogen (secondary N) is 5. The smallest absolute Gasteiger partial charge is 0.490 e. The van der Waals surface area contributed by atoms with Crippen molar-refractivity contribution in [2.24, 2.45) is 10.2 Å². The molecule has 0 saturated carbocycles. The highest BCUT2D eigenvalue weighted by molar-refractivity contribution is 7.85. The van der Waals surface area contributed by atoms with E-state index in [1.807, 2.05) is 26.0 Å². The van der Waals surface area contributed by atoms with E-state index in [4.69, 9.17) is 48.8 Å². The van der Waals surface area contributed by atoms with E-state index < -0.39 is 144 Å². The second-order valence-electron chi connectivity index (χ2n) is 25.4. The zero-order valence-electron chi connectivity index (χ0n) is 62.6. The Bertz CT molecular complexity index is 5310. The van der Waals surface area contributed by atoms with Gasteiger partial charge in [0.05, 0.1) is 30.6 Å². The van der Waals surface area contributed by atoms with Crippen LogP contribution in [0.4, 0.5) is 11.5 Å². The standard InChI is InChI=1S/C70H83N16O27P3S/c1-3-84(4-2)51-26-25-46-34-53(69(93)111-56(46)37-51)57-35-47-23-24-49(36-55(47)109-57)67(91)79-54(39-77-65(89)45-17-9-6-5-7-10-18-45)68(92)85(31-16-32-117(102,103)104)30-15-22-60(87)74-27-11-8-12-28-76-66(90)48-19-13-21-52(33-48)105-43-62(81-83-73)106-42-61(88)75-29-14-20-50-40-86(70(94)80-64(50)71)63-38-58(107-44-78-82-72)59(110-63)41-108-115(98,99)113-116(100,101)112-114(95,96)97/h5-7,9-10,13,17-19,21,23-26,33-37,40,54,58-59,62-63H,3-4,8,11-12,15-16,22,27-32,38-39,41-44H2,1-2H3,(H,74,87)(H,75,88)(H,76,90)(H,77,89)(H,79,91)(H,98,99)(H,100,101)(H2,71,80,94)(H2,95,96,97)(H,102,103,104)/b6-5-,7-5?,9-6?,10-7-,17-9-,18-10?,45-17?,45-18+. The van der Waals surface area contributed by atoms with Gasteiger partial charge in [0.2, 0.25) is 17.7 Å². The lowest BCUT2D eigenvalue weighted by Gasteiger charge is -2.28. The second kappa shape index (κ2) is 43.7. The molecule has 626 valence electrons. The molecule has 1 saturated heterocycles. The number of phosphoric ester groups is 1. The predicted molar refractivity (Wildman–Crippen MR) is 418 cm³/mol. The van der Waals surface area contributed by atoms with Gasteiger partial charge in [0, 0.05) is 114 Å². The molecule has 4 heterocycles.